The van der Waals surface area contributed by atoms with Gasteiger partial charge in [-0.2, -0.15) is 0 Å². The summed E-state index contributed by atoms with van der Waals surface area (Å²) in [7, 11) is -2.42. The van der Waals surface area contributed by atoms with E-state index < -0.39 is 25.2 Å². The van der Waals surface area contributed by atoms with Crippen molar-refractivity contribution in [2.24, 2.45) is 5.92 Å². The molecule has 0 aromatic heterocycles. The number of esters is 2. The Kier molecular flexibility index (Phi) is 8.10. The van der Waals surface area contributed by atoms with Crippen LogP contribution in [0.5, 0.6) is 0 Å². The van der Waals surface area contributed by atoms with Gasteiger partial charge in [0.05, 0.1) is 19.4 Å². The summed E-state index contributed by atoms with van der Waals surface area (Å²) in [5, 5.41) is 2.27. The van der Waals surface area contributed by atoms with E-state index in [0.29, 0.717) is 0 Å². The Hall–Kier alpha value is -1.40. The summed E-state index contributed by atoms with van der Waals surface area (Å²) in [4.78, 5) is 42.6. The number of carbonyl (C=O) groups is 3. The van der Waals surface area contributed by atoms with Crippen molar-refractivity contribution in [3.05, 3.63) is 0 Å². The van der Waals surface area contributed by atoms with Crippen LogP contribution in [-0.4, -0.2) is 48.9 Å². The van der Waals surface area contributed by atoms with E-state index in [1.807, 2.05) is 0 Å². The normalized spacial score (nSPS) is 14.8. The molecule has 0 aromatic rings. The Morgan fingerprint density at radius 1 is 1.35 bits per heavy atom. The second-order valence-corrected chi connectivity index (χ2v) is 6.83. The average molecular weight is 309 g/mol. The molecule has 0 aliphatic rings. The fourth-order valence-electron chi connectivity index (χ4n) is 1.31. The lowest BCUT2D eigenvalue weighted by Crippen LogP contribution is -2.28. The summed E-state index contributed by atoms with van der Waals surface area (Å²) in [5.41, 5.74) is 0. The topological polar surface area (TPSA) is 119 Å². The maximum atomic E-state index is 11.8. The quantitative estimate of drug-likeness (QED) is 0.370. The molecule has 116 valence electrons. The smallest absolute Gasteiger partial charge is 0.310 e. The summed E-state index contributed by atoms with van der Waals surface area (Å²) in [6.45, 7) is 2.43. The minimum Gasteiger partial charge on any atom is -0.469 e. The van der Waals surface area contributed by atoms with Crippen molar-refractivity contribution in [3.8, 4) is 0 Å². The lowest BCUT2D eigenvalue weighted by atomic mass is 10.2. The second kappa shape index (κ2) is 8.71. The Morgan fingerprint density at radius 2 is 1.95 bits per heavy atom. The minimum atomic E-state index is -3.61. The average Bonchev–Trinajstić information content (AvgIpc) is 2.34. The van der Waals surface area contributed by atoms with Gasteiger partial charge in [0.15, 0.2) is 6.73 Å². The van der Waals surface area contributed by atoms with Crippen LogP contribution in [0.2, 0.25) is 0 Å². The molecule has 20 heavy (non-hydrogen) atoms. The first kappa shape index (κ1) is 18.6. The largest absolute Gasteiger partial charge is 0.469 e. The number of amides is 1. The molecule has 9 heteroatoms. The summed E-state index contributed by atoms with van der Waals surface area (Å²) in [6, 6.07) is 0. The SMILES string of the molecule is COC(=O)CCP(=O)(O)CC(C)C(=O)OCNC(C)=O. The van der Waals surface area contributed by atoms with E-state index in [2.05, 4.69) is 10.1 Å². The van der Waals surface area contributed by atoms with Crippen molar-refractivity contribution in [1.82, 2.24) is 5.32 Å². The fraction of sp³-hybridized carbons (Fsp3) is 0.727. The van der Waals surface area contributed by atoms with Crippen LogP contribution in [0.15, 0.2) is 0 Å². The molecule has 0 spiro atoms. The van der Waals surface area contributed by atoms with Crippen molar-refractivity contribution >= 4 is 25.2 Å². The van der Waals surface area contributed by atoms with Gasteiger partial charge < -0.3 is 19.7 Å². The molecule has 0 aromatic carbocycles. The number of carbonyl (C=O) groups excluding carboxylic acids is 3. The number of rotatable bonds is 8. The van der Waals surface area contributed by atoms with Crippen molar-refractivity contribution in [2.45, 2.75) is 20.3 Å². The zero-order chi connectivity index (χ0) is 15.8. The molecule has 0 fully saturated rings. The van der Waals surface area contributed by atoms with Gasteiger partial charge in [-0.25, -0.2) is 0 Å². The lowest BCUT2D eigenvalue weighted by Gasteiger charge is -2.16. The molecule has 0 aliphatic carbocycles. The Bertz CT molecular complexity index is 410. The third-order valence-electron chi connectivity index (χ3n) is 2.39. The molecule has 0 saturated carbocycles. The van der Waals surface area contributed by atoms with E-state index in [0.717, 1.165) is 0 Å². The minimum absolute atomic E-state index is 0.183. The maximum Gasteiger partial charge on any atom is 0.310 e. The van der Waals surface area contributed by atoms with Gasteiger partial charge in [0.25, 0.3) is 0 Å². The zero-order valence-electron chi connectivity index (χ0n) is 11.7. The van der Waals surface area contributed by atoms with Gasteiger partial charge >= 0.3 is 11.9 Å². The van der Waals surface area contributed by atoms with Gasteiger partial charge in [-0.3, -0.25) is 18.9 Å². The highest BCUT2D eigenvalue weighted by Crippen LogP contribution is 2.43. The highest BCUT2D eigenvalue weighted by Gasteiger charge is 2.27. The first-order valence-electron chi connectivity index (χ1n) is 5.96. The van der Waals surface area contributed by atoms with E-state index in [-0.39, 0.29) is 31.4 Å². The predicted octanol–water partition coefficient (Wildman–Crippen LogP) is 0.0928. The van der Waals surface area contributed by atoms with Crippen LogP contribution in [-0.2, 0) is 28.4 Å². The highest BCUT2D eigenvalue weighted by atomic mass is 31.2. The van der Waals surface area contributed by atoms with Gasteiger partial charge in [0.2, 0.25) is 13.3 Å². The van der Waals surface area contributed by atoms with Gasteiger partial charge in [-0.05, 0) is 0 Å². The molecule has 2 unspecified atom stereocenters. The Labute approximate surface area is 117 Å². The summed E-state index contributed by atoms with van der Waals surface area (Å²) in [6.07, 6.45) is -0.718. The third kappa shape index (κ3) is 8.66. The maximum absolute atomic E-state index is 11.8. The summed E-state index contributed by atoms with van der Waals surface area (Å²) >= 11 is 0. The van der Waals surface area contributed by atoms with Crippen molar-refractivity contribution in [3.63, 3.8) is 0 Å². The zero-order valence-corrected chi connectivity index (χ0v) is 12.6. The third-order valence-corrected chi connectivity index (χ3v) is 4.43. The summed E-state index contributed by atoms with van der Waals surface area (Å²) < 4.78 is 20.9. The van der Waals surface area contributed by atoms with Crippen LogP contribution < -0.4 is 5.32 Å². The van der Waals surface area contributed by atoms with E-state index in [4.69, 9.17) is 4.74 Å². The van der Waals surface area contributed by atoms with Crippen LogP contribution in [0.25, 0.3) is 0 Å². The first-order chi connectivity index (χ1) is 9.18. The van der Waals surface area contributed by atoms with E-state index in [9.17, 15) is 23.8 Å². The molecular weight excluding hydrogens is 289 g/mol. The van der Waals surface area contributed by atoms with Crippen LogP contribution in [0.4, 0.5) is 0 Å². The molecule has 0 saturated heterocycles. The van der Waals surface area contributed by atoms with Gasteiger partial charge in [0, 0.05) is 19.2 Å². The number of hydrogen-bond acceptors (Lipinski definition) is 6. The monoisotopic (exact) mass is 309 g/mol. The number of methoxy groups -OCH3 is 1. The summed E-state index contributed by atoms with van der Waals surface area (Å²) in [5.74, 6) is -2.43. The fourth-order valence-corrected chi connectivity index (χ4v) is 3.03. The molecule has 0 aliphatic heterocycles. The van der Waals surface area contributed by atoms with Gasteiger partial charge in [-0.1, -0.05) is 6.92 Å². The van der Waals surface area contributed by atoms with Crippen molar-refractivity contribution in [2.75, 3.05) is 26.2 Å². The molecule has 0 bridgehead atoms. The van der Waals surface area contributed by atoms with Gasteiger partial charge in [0.1, 0.15) is 0 Å². The van der Waals surface area contributed by atoms with Crippen LogP contribution in [0.1, 0.15) is 20.3 Å². The van der Waals surface area contributed by atoms with Crippen LogP contribution >= 0.6 is 7.37 Å². The van der Waals surface area contributed by atoms with E-state index in [1.165, 1.54) is 21.0 Å². The second-order valence-electron chi connectivity index (χ2n) is 4.32. The molecule has 8 nitrogen and oxygen atoms in total. The van der Waals surface area contributed by atoms with Crippen molar-refractivity contribution < 1.29 is 33.3 Å². The Balaban J connectivity index is 4.18. The predicted molar refractivity (Wildman–Crippen MR) is 70.1 cm³/mol. The standard InChI is InChI=1S/C11H20NO7P/c1-8(11(15)19-7-12-9(2)13)6-20(16,17)5-4-10(14)18-3/h8H,4-7H2,1-3H3,(H,12,13)(H,16,17). The highest BCUT2D eigenvalue weighted by molar-refractivity contribution is 7.58. The van der Waals surface area contributed by atoms with Crippen LogP contribution in [0, 0.1) is 5.92 Å². The number of nitrogens with one attached hydrogen (secondary N) is 1. The van der Waals surface area contributed by atoms with E-state index >= 15 is 0 Å². The molecular formula is C11H20NO7P. The number of hydrogen-bond donors (Lipinski definition) is 2. The van der Waals surface area contributed by atoms with E-state index in [1.54, 1.807) is 0 Å². The number of ether oxygens (including phenoxy) is 2. The molecule has 0 rings (SSSR count). The lowest BCUT2D eigenvalue weighted by molar-refractivity contribution is -0.148. The molecule has 0 heterocycles. The van der Waals surface area contributed by atoms with Gasteiger partial charge in [-0.15, -0.1) is 0 Å². The first-order valence-corrected chi connectivity index (χ1v) is 7.99. The van der Waals surface area contributed by atoms with Crippen molar-refractivity contribution in [1.29, 1.82) is 0 Å². The van der Waals surface area contributed by atoms with Crippen LogP contribution in [0.3, 0.4) is 0 Å². The molecule has 0 radical (unpaired) electrons. The molecule has 2 atom stereocenters. The Morgan fingerprint density at radius 3 is 2.45 bits per heavy atom. The molecule has 2 N–H and O–H groups in total. The molecule has 1 amide bonds.